The van der Waals surface area contributed by atoms with E-state index in [9.17, 15) is 0 Å². The Hall–Kier alpha value is -7.77. The van der Waals surface area contributed by atoms with Crippen molar-refractivity contribution >= 4 is 138 Å². The molecule has 8 heterocycles. The molecule has 0 N–H and O–H groups in total. The molecule has 0 aromatic heterocycles. The van der Waals surface area contributed by atoms with Gasteiger partial charge in [0, 0.05) is 70.1 Å². The largest absolute Gasteiger partial charge is 0.311 e. The molecule has 10 aromatic carbocycles. The second kappa shape index (κ2) is 13.7. The minimum absolute atomic E-state index is 0.00754. The number of fused-ring (bicyclic) bond motifs is 16. The monoisotopic (exact) mass is 978 g/mol. The molecule has 0 atom stereocenters. The van der Waals surface area contributed by atoms with Crippen LogP contribution < -0.4 is 52.4 Å². The van der Waals surface area contributed by atoms with E-state index >= 15 is 0 Å². The van der Waals surface area contributed by atoms with Crippen LogP contribution in [0.25, 0.3) is 11.1 Å². The number of rotatable bonds is 1. The number of para-hydroxylation sites is 7. The molecule has 346 valence electrons. The predicted octanol–water partition coefficient (Wildman–Crippen LogP) is 13.7. The second-order valence-corrected chi connectivity index (χ2v) is 24.5. The minimum Gasteiger partial charge on any atom is -0.311 e. The van der Waals surface area contributed by atoms with Crippen molar-refractivity contribution in [1.82, 2.24) is 0 Å². The summed E-state index contributed by atoms with van der Waals surface area (Å²) in [5, 5.41) is 0. The van der Waals surface area contributed by atoms with Gasteiger partial charge in [-0.3, -0.25) is 0 Å². The second-order valence-electron chi connectivity index (χ2n) is 22.3. The molecule has 10 aromatic rings. The van der Waals surface area contributed by atoms with Crippen molar-refractivity contribution in [2.75, 3.05) is 19.6 Å². The summed E-state index contributed by atoms with van der Waals surface area (Å²) in [6.07, 6.45) is 0. The Labute approximate surface area is 440 Å². The van der Waals surface area contributed by atoms with Gasteiger partial charge in [0.1, 0.15) is 0 Å². The number of hydrogen-bond donors (Lipinski definition) is 0. The first kappa shape index (κ1) is 40.7. The third kappa shape index (κ3) is 4.72. The first-order chi connectivity index (χ1) is 36.3. The molecule has 0 fully saturated rings. The molecule has 0 bridgehead atoms. The van der Waals surface area contributed by atoms with Crippen LogP contribution in [0, 0.1) is 0 Å². The zero-order valence-electron chi connectivity index (χ0n) is 41.2. The molecular weight excluding hydrogens is 935 g/mol. The lowest BCUT2D eigenvalue weighted by molar-refractivity contribution is 0.632. The molecule has 8 aliphatic rings. The van der Waals surface area contributed by atoms with E-state index in [0.717, 1.165) is 0 Å². The van der Waals surface area contributed by atoms with Gasteiger partial charge in [0.05, 0.1) is 34.1 Å². The van der Waals surface area contributed by atoms with Gasteiger partial charge >= 0.3 is 0 Å². The molecule has 8 heteroatoms. The average Bonchev–Trinajstić information content (AvgIpc) is 3.46. The number of anilines is 12. The Bertz CT molecular complexity index is 4280. The molecule has 0 saturated carbocycles. The third-order valence-electron chi connectivity index (χ3n) is 18.1. The Kier molecular flexibility index (Phi) is 7.52. The van der Waals surface area contributed by atoms with E-state index in [0.29, 0.717) is 0 Å². The van der Waals surface area contributed by atoms with Crippen LogP contribution >= 0.6 is 23.5 Å². The van der Waals surface area contributed by atoms with Crippen molar-refractivity contribution in [2.24, 2.45) is 0 Å². The van der Waals surface area contributed by atoms with Crippen molar-refractivity contribution in [1.29, 1.82) is 0 Å². The van der Waals surface area contributed by atoms with Gasteiger partial charge < -0.3 is 19.6 Å². The standard InChI is InChI=1S/C66H44B2N4S2/c1-65(2)39-18-5-7-24-47(39)69-50-27-15-28-51-58(50)68(43-21-12-20-41(65)61(43)69)46-36-37(35-42-62(46)70(51)48-25-8-6-19-40(48)66(42,3)4)38-17-11-32-55-60(38)72-53-30-16-29-52-59(53)67(45-23-14-34-57(74-55)64(45)72)44-22-13-33-56-63(44)71(52)49-26-9-10-31-54(49)73-56/h5-36H,1-4H3. The van der Waals surface area contributed by atoms with E-state index in [1.54, 1.807) is 0 Å². The van der Waals surface area contributed by atoms with Crippen LogP contribution in [0.2, 0.25) is 0 Å². The minimum atomic E-state index is -0.296. The van der Waals surface area contributed by atoms with E-state index in [1.807, 2.05) is 23.5 Å². The molecule has 0 saturated heterocycles. The van der Waals surface area contributed by atoms with Gasteiger partial charge in [0.25, 0.3) is 13.4 Å². The summed E-state index contributed by atoms with van der Waals surface area (Å²) in [6.45, 7) is 9.86. The summed E-state index contributed by atoms with van der Waals surface area (Å²) in [5.74, 6) is 0. The van der Waals surface area contributed by atoms with Crippen molar-refractivity contribution in [3.05, 3.63) is 216 Å². The lowest BCUT2D eigenvalue weighted by atomic mass is 9.32. The fourth-order valence-corrected chi connectivity index (χ4v) is 17.3. The highest BCUT2D eigenvalue weighted by Crippen LogP contribution is 2.61. The van der Waals surface area contributed by atoms with Crippen LogP contribution in [0.5, 0.6) is 0 Å². The normalized spacial score (nSPS) is 16.6. The summed E-state index contributed by atoms with van der Waals surface area (Å²) in [6, 6.07) is 74.9. The quantitative estimate of drug-likeness (QED) is 0.151. The van der Waals surface area contributed by atoms with Gasteiger partial charge in [-0.25, -0.2) is 0 Å². The van der Waals surface area contributed by atoms with E-state index < -0.39 is 0 Å². The molecular formula is C66H44B2N4S2. The van der Waals surface area contributed by atoms with Gasteiger partial charge in [0.2, 0.25) is 0 Å². The highest BCUT2D eigenvalue weighted by atomic mass is 32.2. The first-order valence-corrected chi connectivity index (χ1v) is 27.7. The van der Waals surface area contributed by atoms with Crippen LogP contribution in [-0.2, 0) is 10.8 Å². The highest BCUT2D eigenvalue weighted by molar-refractivity contribution is 8.00. The predicted molar refractivity (Wildman–Crippen MR) is 312 cm³/mol. The summed E-state index contributed by atoms with van der Waals surface area (Å²) < 4.78 is 0. The maximum atomic E-state index is 2.68. The summed E-state index contributed by atoms with van der Waals surface area (Å²) in [7, 11) is 0. The average molecular weight is 979 g/mol. The summed E-state index contributed by atoms with van der Waals surface area (Å²) in [4.78, 5) is 15.7. The van der Waals surface area contributed by atoms with Crippen LogP contribution in [0.15, 0.2) is 214 Å². The fourth-order valence-electron chi connectivity index (χ4n) is 15.1. The Balaban J connectivity index is 0.914. The molecule has 0 aliphatic carbocycles. The number of hydrogen-bond acceptors (Lipinski definition) is 6. The van der Waals surface area contributed by atoms with Gasteiger partial charge in [-0.2, -0.15) is 0 Å². The van der Waals surface area contributed by atoms with Crippen molar-refractivity contribution in [3.63, 3.8) is 0 Å². The summed E-state index contributed by atoms with van der Waals surface area (Å²) >= 11 is 3.83. The molecule has 0 spiro atoms. The van der Waals surface area contributed by atoms with E-state index in [-0.39, 0.29) is 24.3 Å². The van der Waals surface area contributed by atoms with Crippen LogP contribution in [0.1, 0.15) is 49.9 Å². The molecule has 74 heavy (non-hydrogen) atoms. The van der Waals surface area contributed by atoms with Crippen molar-refractivity contribution in [2.45, 2.75) is 58.1 Å². The van der Waals surface area contributed by atoms with Crippen molar-refractivity contribution < 1.29 is 0 Å². The molecule has 18 rings (SSSR count). The highest BCUT2D eigenvalue weighted by Gasteiger charge is 2.52. The summed E-state index contributed by atoms with van der Waals surface area (Å²) in [5.41, 5.74) is 31.2. The molecule has 0 radical (unpaired) electrons. The van der Waals surface area contributed by atoms with Crippen LogP contribution in [0.3, 0.4) is 0 Å². The first-order valence-electron chi connectivity index (χ1n) is 26.1. The Morgan fingerprint density at radius 2 is 0.716 bits per heavy atom. The maximum absolute atomic E-state index is 2.68. The lowest BCUT2D eigenvalue weighted by Crippen LogP contribution is -2.63. The zero-order valence-corrected chi connectivity index (χ0v) is 42.9. The fraction of sp³-hybridized carbons (Fsp3) is 0.0909. The zero-order chi connectivity index (χ0) is 48.7. The van der Waals surface area contributed by atoms with Gasteiger partial charge in [-0.15, -0.1) is 0 Å². The number of nitrogens with zero attached hydrogens (tertiary/aromatic N) is 4. The number of benzene rings is 10. The van der Waals surface area contributed by atoms with Gasteiger partial charge in [-0.05, 0) is 133 Å². The molecule has 0 amide bonds. The Morgan fingerprint density at radius 3 is 1.36 bits per heavy atom. The third-order valence-corrected chi connectivity index (χ3v) is 20.3. The maximum Gasteiger partial charge on any atom is 0.252 e. The molecule has 0 unspecified atom stereocenters. The van der Waals surface area contributed by atoms with Gasteiger partial charge in [-0.1, -0.05) is 173 Å². The van der Waals surface area contributed by atoms with E-state index in [2.05, 4.69) is 241 Å². The van der Waals surface area contributed by atoms with Crippen molar-refractivity contribution in [3.8, 4) is 11.1 Å². The SMILES string of the molecule is CC1(C)c2ccccc2N2c3cccc4c3B(c3cccc1c32)c1cc(-c2cccc3c2N2c5cccc6c5B(c5cccc7c5N6c5ccccc5S7)c5cccc(c52)S3)cc2c1N4c1ccccc1C2(C)C. The van der Waals surface area contributed by atoms with Crippen LogP contribution in [-0.4, -0.2) is 13.4 Å². The Morgan fingerprint density at radius 1 is 0.311 bits per heavy atom. The van der Waals surface area contributed by atoms with E-state index in [1.165, 1.54) is 154 Å². The lowest BCUT2D eigenvalue weighted by Gasteiger charge is -2.52. The van der Waals surface area contributed by atoms with Crippen LogP contribution in [0.4, 0.5) is 68.2 Å². The topological polar surface area (TPSA) is 13.0 Å². The molecule has 4 nitrogen and oxygen atoms in total. The molecule has 8 aliphatic heterocycles. The van der Waals surface area contributed by atoms with Gasteiger partial charge in [0.15, 0.2) is 0 Å². The smallest absolute Gasteiger partial charge is 0.252 e. The van der Waals surface area contributed by atoms with E-state index in [4.69, 9.17) is 0 Å².